The van der Waals surface area contributed by atoms with E-state index in [1.807, 2.05) is 13.0 Å². The summed E-state index contributed by atoms with van der Waals surface area (Å²) in [6, 6.07) is 23.4. The van der Waals surface area contributed by atoms with Crippen LogP contribution in [0.1, 0.15) is 35.7 Å². The van der Waals surface area contributed by atoms with Gasteiger partial charge in [0.15, 0.2) is 0 Å². The van der Waals surface area contributed by atoms with E-state index < -0.39 is 0 Å². The fourth-order valence-corrected chi connectivity index (χ4v) is 4.63. The Labute approximate surface area is 178 Å². The van der Waals surface area contributed by atoms with E-state index in [4.69, 9.17) is 9.40 Å². The highest BCUT2D eigenvalue weighted by Crippen LogP contribution is 2.26. The van der Waals surface area contributed by atoms with Gasteiger partial charge in [0.2, 0.25) is 0 Å². The Morgan fingerprint density at radius 3 is 2.43 bits per heavy atom. The lowest BCUT2D eigenvalue weighted by Gasteiger charge is -2.32. The molecule has 154 valence electrons. The number of nitrogens with zero attached hydrogens (tertiary/aromatic N) is 3. The molecule has 1 aliphatic heterocycles. The Morgan fingerprint density at radius 1 is 0.900 bits per heavy atom. The third-order valence-electron chi connectivity index (χ3n) is 6.27. The van der Waals surface area contributed by atoms with Crippen LogP contribution >= 0.6 is 0 Å². The summed E-state index contributed by atoms with van der Waals surface area (Å²) in [5.41, 5.74) is 3.69. The topological polar surface area (TPSA) is 34.2 Å². The molecule has 1 aliphatic rings. The number of para-hydroxylation sites is 2. The molecule has 1 fully saturated rings. The van der Waals surface area contributed by atoms with Gasteiger partial charge in [-0.1, -0.05) is 42.5 Å². The first-order valence-corrected chi connectivity index (χ1v) is 11.0. The molecule has 3 heterocycles. The van der Waals surface area contributed by atoms with Crippen LogP contribution in [0.5, 0.6) is 0 Å². The number of rotatable bonds is 6. The summed E-state index contributed by atoms with van der Waals surface area (Å²) in [6.45, 7) is 6.13. The van der Waals surface area contributed by atoms with Crippen LogP contribution in [0.4, 0.5) is 0 Å². The van der Waals surface area contributed by atoms with Gasteiger partial charge < -0.3 is 8.98 Å². The van der Waals surface area contributed by atoms with Crippen LogP contribution in [0.2, 0.25) is 0 Å². The number of imidazole rings is 1. The third-order valence-corrected chi connectivity index (χ3v) is 6.27. The van der Waals surface area contributed by atoms with Crippen molar-refractivity contribution in [2.24, 2.45) is 5.92 Å². The average Bonchev–Trinajstić information content (AvgIpc) is 3.34. The first-order valence-electron chi connectivity index (χ1n) is 11.0. The van der Waals surface area contributed by atoms with E-state index in [1.54, 1.807) is 0 Å². The molecule has 4 nitrogen and oxygen atoms in total. The van der Waals surface area contributed by atoms with Crippen LogP contribution in [-0.2, 0) is 19.5 Å². The molecule has 4 heteroatoms. The maximum absolute atomic E-state index is 5.87. The van der Waals surface area contributed by atoms with Gasteiger partial charge in [-0.25, -0.2) is 4.98 Å². The molecule has 2 aromatic carbocycles. The van der Waals surface area contributed by atoms with E-state index in [9.17, 15) is 0 Å². The predicted octanol–water partition coefficient (Wildman–Crippen LogP) is 5.44. The first kappa shape index (κ1) is 19.1. The number of aryl methyl sites for hydroxylation is 1. The number of aromatic nitrogens is 2. The van der Waals surface area contributed by atoms with Gasteiger partial charge in [-0.15, -0.1) is 0 Å². The van der Waals surface area contributed by atoms with Gasteiger partial charge in [-0.3, -0.25) is 4.90 Å². The molecule has 0 radical (unpaired) electrons. The number of benzene rings is 2. The standard InChI is InChI=1S/C26H29N3O/c1-20-11-12-23(30-20)19-29-25-10-6-5-9-24(25)27-26(29)17-21-13-15-28(16-14-21)18-22-7-3-2-4-8-22/h2-12,21H,13-19H2,1H3. The fraction of sp³-hybridized carbons (Fsp3) is 0.346. The zero-order chi connectivity index (χ0) is 20.3. The molecule has 1 saturated heterocycles. The van der Waals surface area contributed by atoms with Crippen LogP contribution in [0.15, 0.2) is 71.1 Å². The molecule has 5 rings (SSSR count). The summed E-state index contributed by atoms with van der Waals surface area (Å²) in [6.07, 6.45) is 3.50. The van der Waals surface area contributed by atoms with Crippen molar-refractivity contribution in [3.05, 3.63) is 89.6 Å². The van der Waals surface area contributed by atoms with Crippen molar-refractivity contribution >= 4 is 11.0 Å². The normalized spacial score (nSPS) is 15.8. The summed E-state index contributed by atoms with van der Waals surface area (Å²) in [5, 5.41) is 0. The Balaban J connectivity index is 1.29. The lowest BCUT2D eigenvalue weighted by atomic mass is 9.93. The zero-order valence-corrected chi connectivity index (χ0v) is 17.6. The smallest absolute Gasteiger partial charge is 0.123 e. The predicted molar refractivity (Wildman–Crippen MR) is 120 cm³/mol. The van der Waals surface area contributed by atoms with Gasteiger partial charge >= 0.3 is 0 Å². The number of hydrogen-bond acceptors (Lipinski definition) is 3. The van der Waals surface area contributed by atoms with Crippen molar-refractivity contribution in [1.29, 1.82) is 0 Å². The summed E-state index contributed by atoms with van der Waals surface area (Å²) >= 11 is 0. The molecule has 0 aliphatic carbocycles. The lowest BCUT2D eigenvalue weighted by Crippen LogP contribution is -2.34. The summed E-state index contributed by atoms with van der Waals surface area (Å²) < 4.78 is 8.22. The van der Waals surface area contributed by atoms with Crippen LogP contribution in [0.25, 0.3) is 11.0 Å². The highest BCUT2D eigenvalue weighted by molar-refractivity contribution is 5.76. The van der Waals surface area contributed by atoms with Crippen molar-refractivity contribution < 1.29 is 4.42 Å². The monoisotopic (exact) mass is 399 g/mol. The Morgan fingerprint density at radius 2 is 1.67 bits per heavy atom. The minimum absolute atomic E-state index is 0.686. The lowest BCUT2D eigenvalue weighted by molar-refractivity contribution is 0.175. The molecule has 0 amide bonds. The average molecular weight is 400 g/mol. The maximum atomic E-state index is 5.87. The molecule has 0 saturated carbocycles. The maximum Gasteiger partial charge on any atom is 0.123 e. The van der Waals surface area contributed by atoms with E-state index in [-0.39, 0.29) is 0 Å². The molecule has 0 N–H and O–H groups in total. The Bertz CT molecular complexity index is 1100. The van der Waals surface area contributed by atoms with E-state index >= 15 is 0 Å². The molecule has 0 spiro atoms. The van der Waals surface area contributed by atoms with Crippen molar-refractivity contribution in [1.82, 2.24) is 14.5 Å². The molecule has 4 aromatic rings. The Kier molecular flexibility index (Phi) is 5.41. The summed E-state index contributed by atoms with van der Waals surface area (Å²) in [7, 11) is 0. The van der Waals surface area contributed by atoms with E-state index in [0.717, 1.165) is 49.6 Å². The highest BCUT2D eigenvalue weighted by Gasteiger charge is 2.22. The van der Waals surface area contributed by atoms with Crippen LogP contribution in [0.3, 0.4) is 0 Å². The molecular weight excluding hydrogens is 370 g/mol. The van der Waals surface area contributed by atoms with Gasteiger partial charge in [0, 0.05) is 13.0 Å². The van der Waals surface area contributed by atoms with Gasteiger partial charge in [-0.2, -0.15) is 0 Å². The minimum atomic E-state index is 0.686. The van der Waals surface area contributed by atoms with Crippen LogP contribution in [-0.4, -0.2) is 27.5 Å². The summed E-state index contributed by atoms with van der Waals surface area (Å²) in [4.78, 5) is 7.59. The van der Waals surface area contributed by atoms with Crippen molar-refractivity contribution in [2.75, 3.05) is 13.1 Å². The fourth-order valence-electron chi connectivity index (χ4n) is 4.63. The number of furan rings is 1. The van der Waals surface area contributed by atoms with Crippen molar-refractivity contribution in [3.63, 3.8) is 0 Å². The molecular formula is C26H29N3O. The molecule has 0 unspecified atom stereocenters. The van der Waals surface area contributed by atoms with E-state index in [0.29, 0.717) is 5.92 Å². The first-order chi connectivity index (χ1) is 14.7. The molecule has 0 atom stereocenters. The second-order valence-corrected chi connectivity index (χ2v) is 8.52. The second-order valence-electron chi connectivity index (χ2n) is 8.52. The second kappa shape index (κ2) is 8.49. The SMILES string of the molecule is Cc1ccc(Cn2c(CC3CCN(Cc4ccccc4)CC3)nc3ccccc32)o1. The number of fused-ring (bicyclic) bond motifs is 1. The van der Waals surface area contributed by atoms with E-state index in [2.05, 4.69) is 70.1 Å². The highest BCUT2D eigenvalue weighted by atomic mass is 16.3. The molecule has 2 aromatic heterocycles. The van der Waals surface area contributed by atoms with Crippen molar-refractivity contribution in [2.45, 2.75) is 39.3 Å². The minimum Gasteiger partial charge on any atom is -0.464 e. The van der Waals surface area contributed by atoms with Gasteiger partial charge in [0.25, 0.3) is 0 Å². The number of likely N-dealkylation sites (tertiary alicyclic amines) is 1. The number of piperidine rings is 1. The van der Waals surface area contributed by atoms with Gasteiger partial charge in [-0.05, 0) is 68.6 Å². The van der Waals surface area contributed by atoms with Gasteiger partial charge in [0.05, 0.1) is 17.6 Å². The molecule has 30 heavy (non-hydrogen) atoms. The largest absolute Gasteiger partial charge is 0.464 e. The van der Waals surface area contributed by atoms with Crippen molar-refractivity contribution in [3.8, 4) is 0 Å². The Hall–Kier alpha value is -2.85. The van der Waals surface area contributed by atoms with Crippen LogP contribution < -0.4 is 0 Å². The third kappa shape index (κ3) is 4.19. The summed E-state index contributed by atoms with van der Waals surface area (Å²) in [5.74, 6) is 3.83. The zero-order valence-electron chi connectivity index (χ0n) is 17.6. The van der Waals surface area contributed by atoms with Crippen LogP contribution in [0, 0.1) is 12.8 Å². The quantitative estimate of drug-likeness (QED) is 0.433. The molecule has 0 bridgehead atoms. The number of hydrogen-bond donors (Lipinski definition) is 0. The van der Waals surface area contributed by atoms with E-state index in [1.165, 1.54) is 29.7 Å². The van der Waals surface area contributed by atoms with Gasteiger partial charge in [0.1, 0.15) is 17.3 Å².